The van der Waals surface area contributed by atoms with E-state index in [9.17, 15) is 0 Å². The number of hydrogen-bond donors (Lipinski definition) is 2. The van der Waals surface area contributed by atoms with E-state index < -0.39 is 0 Å². The molecule has 0 aliphatic rings. The minimum absolute atomic E-state index is 0.340. The molecule has 2 N–H and O–H groups in total. The second-order valence-corrected chi connectivity index (χ2v) is 4.35. The maximum absolute atomic E-state index is 5.12. The SMILES string of the molecule is COc1ccc(NC(C)C)c(NC(C)C)n1. The van der Waals surface area contributed by atoms with E-state index in [0.29, 0.717) is 18.0 Å². The van der Waals surface area contributed by atoms with Crippen molar-refractivity contribution in [1.29, 1.82) is 0 Å². The number of anilines is 2. The van der Waals surface area contributed by atoms with Crippen LogP contribution in [0.25, 0.3) is 0 Å². The molecule has 0 saturated carbocycles. The molecule has 16 heavy (non-hydrogen) atoms. The molecule has 0 saturated heterocycles. The molecule has 0 amide bonds. The van der Waals surface area contributed by atoms with Crippen molar-refractivity contribution in [2.45, 2.75) is 39.8 Å². The predicted molar refractivity (Wildman–Crippen MR) is 68.3 cm³/mol. The molecule has 4 nitrogen and oxygen atoms in total. The van der Waals surface area contributed by atoms with E-state index >= 15 is 0 Å². The molecule has 90 valence electrons. The predicted octanol–water partition coefficient (Wildman–Crippen LogP) is 2.73. The van der Waals surface area contributed by atoms with Crippen LogP contribution in [0.1, 0.15) is 27.7 Å². The molecule has 0 unspecified atom stereocenters. The Balaban J connectivity index is 2.96. The van der Waals surface area contributed by atoms with Crippen molar-refractivity contribution in [1.82, 2.24) is 4.98 Å². The lowest BCUT2D eigenvalue weighted by Gasteiger charge is -2.17. The first-order valence-electron chi connectivity index (χ1n) is 5.61. The Morgan fingerprint density at radius 3 is 2.19 bits per heavy atom. The Kier molecular flexibility index (Phi) is 4.40. The van der Waals surface area contributed by atoms with Crippen molar-refractivity contribution < 1.29 is 4.74 Å². The van der Waals surface area contributed by atoms with Gasteiger partial charge in [0.25, 0.3) is 0 Å². The van der Waals surface area contributed by atoms with Gasteiger partial charge in [0.2, 0.25) is 5.88 Å². The second kappa shape index (κ2) is 5.58. The summed E-state index contributed by atoms with van der Waals surface area (Å²) in [6.45, 7) is 8.37. The monoisotopic (exact) mass is 223 g/mol. The Morgan fingerprint density at radius 2 is 1.69 bits per heavy atom. The Labute approximate surface area is 97.4 Å². The highest BCUT2D eigenvalue weighted by molar-refractivity contribution is 5.65. The summed E-state index contributed by atoms with van der Waals surface area (Å²) in [5, 5.41) is 6.65. The summed E-state index contributed by atoms with van der Waals surface area (Å²) in [4.78, 5) is 4.39. The molecule has 0 atom stereocenters. The third-order valence-corrected chi connectivity index (χ3v) is 1.95. The minimum atomic E-state index is 0.340. The van der Waals surface area contributed by atoms with Crippen molar-refractivity contribution in [2.24, 2.45) is 0 Å². The molecule has 0 spiro atoms. The molecule has 0 aromatic carbocycles. The first-order valence-corrected chi connectivity index (χ1v) is 5.61. The van der Waals surface area contributed by atoms with Gasteiger partial charge in [-0.3, -0.25) is 0 Å². The first kappa shape index (κ1) is 12.6. The summed E-state index contributed by atoms with van der Waals surface area (Å²) in [7, 11) is 1.62. The van der Waals surface area contributed by atoms with Crippen LogP contribution >= 0.6 is 0 Å². The first-order chi connectivity index (χ1) is 7.52. The van der Waals surface area contributed by atoms with Gasteiger partial charge in [0.15, 0.2) is 5.82 Å². The van der Waals surface area contributed by atoms with Crippen molar-refractivity contribution in [3.05, 3.63) is 12.1 Å². The van der Waals surface area contributed by atoms with Gasteiger partial charge >= 0.3 is 0 Å². The summed E-state index contributed by atoms with van der Waals surface area (Å²) in [5.41, 5.74) is 1.00. The molecule has 0 aliphatic heterocycles. The molecule has 0 fully saturated rings. The van der Waals surface area contributed by atoms with Gasteiger partial charge in [0, 0.05) is 18.2 Å². The Hall–Kier alpha value is -1.45. The Morgan fingerprint density at radius 1 is 1.06 bits per heavy atom. The zero-order valence-corrected chi connectivity index (χ0v) is 10.7. The van der Waals surface area contributed by atoms with Gasteiger partial charge in [0.1, 0.15) is 0 Å². The van der Waals surface area contributed by atoms with E-state index in [1.54, 1.807) is 7.11 Å². The molecular weight excluding hydrogens is 202 g/mol. The zero-order valence-electron chi connectivity index (χ0n) is 10.7. The summed E-state index contributed by atoms with van der Waals surface area (Å²) >= 11 is 0. The molecule has 1 heterocycles. The zero-order chi connectivity index (χ0) is 12.1. The van der Waals surface area contributed by atoms with Gasteiger partial charge < -0.3 is 15.4 Å². The van der Waals surface area contributed by atoms with Crippen LogP contribution in [-0.4, -0.2) is 24.2 Å². The molecule has 1 rings (SSSR count). The fourth-order valence-electron chi connectivity index (χ4n) is 1.37. The van der Waals surface area contributed by atoms with Crippen LogP contribution < -0.4 is 15.4 Å². The number of nitrogens with zero attached hydrogens (tertiary/aromatic N) is 1. The number of nitrogens with one attached hydrogen (secondary N) is 2. The Bertz CT molecular complexity index is 337. The largest absolute Gasteiger partial charge is 0.481 e. The van der Waals surface area contributed by atoms with E-state index in [4.69, 9.17) is 4.74 Å². The third-order valence-electron chi connectivity index (χ3n) is 1.95. The lowest BCUT2D eigenvalue weighted by molar-refractivity contribution is 0.398. The summed E-state index contributed by atoms with van der Waals surface area (Å²) in [5.74, 6) is 1.46. The summed E-state index contributed by atoms with van der Waals surface area (Å²) in [6, 6.07) is 4.56. The average molecular weight is 223 g/mol. The minimum Gasteiger partial charge on any atom is -0.481 e. The molecule has 0 radical (unpaired) electrons. The van der Waals surface area contributed by atoms with Crippen LogP contribution in [0.4, 0.5) is 11.5 Å². The van der Waals surface area contributed by atoms with Crippen LogP contribution in [0.3, 0.4) is 0 Å². The number of pyridine rings is 1. The summed E-state index contributed by atoms with van der Waals surface area (Å²) in [6.07, 6.45) is 0. The van der Waals surface area contributed by atoms with E-state index in [1.165, 1.54) is 0 Å². The van der Waals surface area contributed by atoms with Crippen molar-refractivity contribution in [2.75, 3.05) is 17.7 Å². The topological polar surface area (TPSA) is 46.2 Å². The molecule has 4 heteroatoms. The van der Waals surface area contributed by atoms with E-state index in [-0.39, 0.29) is 0 Å². The fourth-order valence-corrected chi connectivity index (χ4v) is 1.37. The van der Waals surface area contributed by atoms with Gasteiger partial charge in [-0.25, -0.2) is 0 Å². The quantitative estimate of drug-likeness (QED) is 0.805. The van der Waals surface area contributed by atoms with Crippen LogP contribution in [-0.2, 0) is 0 Å². The third kappa shape index (κ3) is 3.61. The van der Waals surface area contributed by atoms with E-state index in [1.807, 2.05) is 12.1 Å². The number of hydrogen-bond acceptors (Lipinski definition) is 4. The smallest absolute Gasteiger partial charge is 0.215 e. The maximum Gasteiger partial charge on any atom is 0.215 e. The molecule has 1 aromatic heterocycles. The van der Waals surface area contributed by atoms with Crippen molar-refractivity contribution in [3.8, 4) is 5.88 Å². The van der Waals surface area contributed by atoms with Crippen LogP contribution in [0.5, 0.6) is 5.88 Å². The van der Waals surface area contributed by atoms with Crippen molar-refractivity contribution in [3.63, 3.8) is 0 Å². The van der Waals surface area contributed by atoms with Crippen LogP contribution in [0.15, 0.2) is 12.1 Å². The highest BCUT2D eigenvalue weighted by Gasteiger charge is 2.08. The fraction of sp³-hybridized carbons (Fsp3) is 0.583. The molecular formula is C12H21N3O. The maximum atomic E-state index is 5.12. The highest BCUT2D eigenvalue weighted by atomic mass is 16.5. The van der Waals surface area contributed by atoms with Gasteiger partial charge in [-0.2, -0.15) is 4.98 Å². The second-order valence-electron chi connectivity index (χ2n) is 4.35. The number of rotatable bonds is 5. The standard InChI is InChI=1S/C12H21N3O/c1-8(2)13-10-6-7-11(16-5)15-12(10)14-9(3)4/h6-9,13H,1-5H3,(H,14,15). The normalized spacial score (nSPS) is 10.7. The van der Waals surface area contributed by atoms with Gasteiger partial charge in [-0.1, -0.05) is 0 Å². The molecule has 0 aliphatic carbocycles. The lowest BCUT2D eigenvalue weighted by Crippen LogP contribution is -2.16. The van der Waals surface area contributed by atoms with E-state index in [2.05, 4.69) is 43.3 Å². The highest BCUT2D eigenvalue weighted by Crippen LogP contribution is 2.24. The van der Waals surface area contributed by atoms with Gasteiger partial charge in [0.05, 0.1) is 12.8 Å². The molecule has 1 aromatic rings. The summed E-state index contributed by atoms with van der Waals surface area (Å²) < 4.78 is 5.12. The van der Waals surface area contributed by atoms with Gasteiger partial charge in [-0.15, -0.1) is 0 Å². The average Bonchev–Trinajstić information content (AvgIpc) is 2.19. The number of aromatic nitrogens is 1. The van der Waals surface area contributed by atoms with Crippen LogP contribution in [0.2, 0.25) is 0 Å². The van der Waals surface area contributed by atoms with Gasteiger partial charge in [-0.05, 0) is 33.8 Å². The van der Waals surface area contributed by atoms with E-state index in [0.717, 1.165) is 11.5 Å². The number of ether oxygens (including phenoxy) is 1. The lowest BCUT2D eigenvalue weighted by atomic mass is 10.3. The van der Waals surface area contributed by atoms with Crippen molar-refractivity contribution >= 4 is 11.5 Å². The van der Waals surface area contributed by atoms with Crippen LogP contribution in [0, 0.1) is 0 Å². The number of methoxy groups -OCH3 is 1. The molecule has 0 bridgehead atoms.